The molecule has 0 bridgehead atoms. The number of hydrogen-bond donors (Lipinski definition) is 0. The Morgan fingerprint density at radius 2 is 1.86 bits per heavy atom. The standard InChI is InChI=1S/C5H9.CH3.Sn/c1-2-4-5-3-1;;/h1H,2-5H2;1H3;. The molecule has 0 aromatic carbocycles. The molecule has 1 saturated carbocycles. The molecule has 0 spiro atoms. The van der Waals surface area contributed by atoms with E-state index in [9.17, 15) is 0 Å². The van der Waals surface area contributed by atoms with Gasteiger partial charge in [-0.05, 0) is 0 Å². The van der Waals surface area contributed by atoms with Crippen LogP contribution in [0.2, 0.25) is 8.87 Å². The van der Waals surface area contributed by atoms with Crippen LogP contribution in [-0.4, -0.2) is 21.1 Å². The maximum absolute atomic E-state index is 2.47. The summed E-state index contributed by atoms with van der Waals surface area (Å²) in [7, 11) is 0. The maximum atomic E-state index is 2.47. The third-order valence-corrected chi connectivity index (χ3v) is 5.74. The molecule has 0 amide bonds. The predicted molar refractivity (Wildman–Crippen MR) is 33.8 cm³/mol. The van der Waals surface area contributed by atoms with Gasteiger partial charge < -0.3 is 0 Å². The van der Waals surface area contributed by atoms with Crippen LogP contribution in [0.3, 0.4) is 0 Å². The molecule has 0 heterocycles. The molecule has 1 aliphatic carbocycles. The quantitative estimate of drug-likeness (QED) is 0.572. The van der Waals surface area contributed by atoms with Gasteiger partial charge in [0, 0.05) is 0 Å². The summed E-state index contributed by atoms with van der Waals surface area (Å²) in [5, 5.41) is 0. The van der Waals surface area contributed by atoms with Gasteiger partial charge in [-0.25, -0.2) is 0 Å². The van der Waals surface area contributed by atoms with E-state index in [0.29, 0.717) is 0 Å². The zero-order chi connectivity index (χ0) is 5.11. The van der Waals surface area contributed by atoms with E-state index < -0.39 is 0 Å². The van der Waals surface area contributed by atoms with Gasteiger partial charge in [-0.1, -0.05) is 0 Å². The Labute approximate surface area is 55.9 Å². The molecule has 2 radical (unpaired) electrons. The Balaban J connectivity index is 2.14. The van der Waals surface area contributed by atoms with Crippen LogP contribution in [0, 0.1) is 0 Å². The van der Waals surface area contributed by atoms with Gasteiger partial charge in [0.05, 0.1) is 0 Å². The molecule has 0 aromatic heterocycles. The SMILES string of the molecule is [CH3][Sn][CH]1CCCC1. The van der Waals surface area contributed by atoms with Gasteiger partial charge in [0.1, 0.15) is 0 Å². The summed E-state index contributed by atoms with van der Waals surface area (Å²) in [6.45, 7) is 0. The van der Waals surface area contributed by atoms with E-state index in [-0.39, 0.29) is 21.1 Å². The summed E-state index contributed by atoms with van der Waals surface area (Å²) >= 11 is 0.161. The normalized spacial score (nSPS) is 23.6. The van der Waals surface area contributed by atoms with Crippen LogP contribution < -0.4 is 0 Å². The monoisotopic (exact) mass is 204 g/mol. The molecule has 0 saturated heterocycles. The number of rotatable bonds is 1. The van der Waals surface area contributed by atoms with Crippen molar-refractivity contribution in [3.05, 3.63) is 0 Å². The second kappa shape index (κ2) is 2.95. The van der Waals surface area contributed by atoms with Crippen molar-refractivity contribution in [2.45, 2.75) is 34.6 Å². The summed E-state index contributed by atoms with van der Waals surface area (Å²) in [5.74, 6) is 0. The van der Waals surface area contributed by atoms with Crippen molar-refractivity contribution in [2.24, 2.45) is 0 Å². The van der Waals surface area contributed by atoms with E-state index in [0.717, 1.165) is 0 Å². The summed E-state index contributed by atoms with van der Waals surface area (Å²) in [5.41, 5.74) is 0. The molecular weight excluding hydrogens is 191 g/mol. The minimum absolute atomic E-state index is 0.161. The van der Waals surface area contributed by atoms with Crippen molar-refractivity contribution >= 4 is 21.1 Å². The van der Waals surface area contributed by atoms with Crippen LogP contribution >= 0.6 is 0 Å². The first-order valence-corrected chi connectivity index (χ1v) is 7.61. The molecule has 0 aromatic rings. The number of hydrogen-bond acceptors (Lipinski definition) is 0. The molecule has 1 fully saturated rings. The first-order chi connectivity index (χ1) is 3.43. The van der Waals surface area contributed by atoms with Crippen molar-refractivity contribution in [3.63, 3.8) is 0 Å². The predicted octanol–water partition coefficient (Wildman–Crippen LogP) is 2.10. The molecule has 1 rings (SSSR count). The van der Waals surface area contributed by atoms with Gasteiger partial charge >= 0.3 is 55.7 Å². The molecular formula is C6H12Sn. The summed E-state index contributed by atoms with van der Waals surface area (Å²) in [6, 6.07) is 0. The van der Waals surface area contributed by atoms with E-state index in [1.165, 1.54) is 3.93 Å². The first-order valence-electron chi connectivity index (χ1n) is 3.11. The fourth-order valence-electron chi connectivity index (χ4n) is 1.21. The Kier molecular flexibility index (Phi) is 2.50. The molecule has 1 heteroatoms. The van der Waals surface area contributed by atoms with E-state index in [1.54, 1.807) is 25.7 Å². The van der Waals surface area contributed by atoms with Crippen LogP contribution in [-0.2, 0) is 0 Å². The van der Waals surface area contributed by atoms with Crippen molar-refractivity contribution in [1.29, 1.82) is 0 Å². The van der Waals surface area contributed by atoms with Gasteiger partial charge in [-0.15, -0.1) is 0 Å². The van der Waals surface area contributed by atoms with Crippen LogP contribution in [0.5, 0.6) is 0 Å². The average Bonchev–Trinajstić information content (AvgIpc) is 2.14. The van der Waals surface area contributed by atoms with Crippen LogP contribution in [0.4, 0.5) is 0 Å². The van der Waals surface area contributed by atoms with Crippen molar-refractivity contribution in [3.8, 4) is 0 Å². The van der Waals surface area contributed by atoms with Crippen LogP contribution in [0.25, 0.3) is 0 Å². The third-order valence-electron chi connectivity index (χ3n) is 1.76. The first kappa shape index (κ1) is 5.93. The van der Waals surface area contributed by atoms with Crippen molar-refractivity contribution < 1.29 is 0 Å². The zero-order valence-electron chi connectivity index (χ0n) is 4.91. The van der Waals surface area contributed by atoms with Gasteiger partial charge in [-0.2, -0.15) is 0 Å². The molecule has 40 valence electrons. The van der Waals surface area contributed by atoms with Crippen LogP contribution in [0.1, 0.15) is 25.7 Å². The Morgan fingerprint density at radius 3 is 2.14 bits per heavy atom. The minimum atomic E-state index is 0.161. The molecule has 7 heavy (non-hydrogen) atoms. The summed E-state index contributed by atoms with van der Waals surface area (Å²) in [6.07, 6.45) is 6.25. The van der Waals surface area contributed by atoms with Gasteiger partial charge in [0.15, 0.2) is 0 Å². The zero-order valence-corrected chi connectivity index (χ0v) is 7.76. The van der Waals surface area contributed by atoms with Crippen molar-refractivity contribution in [2.75, 3.05) is 0 Å². The Hall–Kier alpha value is 0.799. The van der Waals surface area contributed by atoms with Crippen molar-refractivity contribution in [1.82, 2.24) is 0 Å². The third kappa shape index (κ3) is 1.63. The molecule has 0 atom stereocenters. The molecule has 0 aliphatic heterocycles. The fraction of sp³-hybridized carbons (Fsp3) is 1.00. The summed E-state index contributed by atoms with van der Waals surface area (Å²) < 4.78 is 1.27. The van der Waals surface area contributed by atoms with Gasteiger partial charge in [0.2, 0.25) is 0 Å². The molecule has 0 N–H and O–H groups in total. The van der Waals surface area contributed by atoms with E-state index in [1.807, 2.05) is 0 Å². The van der Waals surface area contributed by atoms with E-state index in [4.69, 9.17) is 0 Å². The fourth-order valence-corrected chi connectivity index (χ4v) is 4.03. The second-order valence-corrected chi connectivity index (χ2v) is 6.25. The topological polar surface area (TPSA) is 0 Å². The molecule has 1 aliphatic rings. The van der Waals surface area contributed by atoms with E-state index in [2.05, 4.69) is 4.94 Å². The van der Waals surface area contributed by atoms with Gasteiger partial charge in [-0.3, -0.25) is 0 Å². The second-order valence-electron chi connectivity index (χ2n) is 2.27. The average molecular weight is 203 g/mol. The molecule has 0 nitrogen and oxygen atoms in total. The van der Waals surface area contributed by atoms with Gasteiger partial charge in [0.25, 0.3) is 0 Å². The van der Waals surface area contributed by atoms with E-state index >= 15 is 0 Å². The Bertz CT molecular complexity index is 46.1. The van der Waals surface area contributed by atoms with Crippen LogP contribution in [0.15, 0.2) is 0 Å². The summed E-state index contributed by atoms with van der Waals surface area (Å²) in [4.78, 5) is 2.47. The molecule has 0 unspecified atom stereocenters. The Morgan fingerprint density at radius 1 is 1.29 bits per heavy atom.